The zero-order chi connectivity index (χ0) is 32.0. The molecule has 3 amide bonds. The van der Waals surface area contributed by atoms with Crippen LogP contribution >= 0.6 is 11.8 Å². The van der Waals surface area contributed by atoms with Gasteiger partial charge >= 0.3 is 0 Å². The quantitative estimate of drug-likeness (QED) is 0.146. The number of carbonyl (C=O) groups is 3. The molecule has 0 bridgehead atoms. The summed E-state index contributed by atoms with van der Waals surface area (Å²) in [4.78, 5) is 51.2. The Morgan fingerprint density at radius 1 is 1.13 bits per heavy atom. The van der Waals surface area contributed by atoms with Crippen molar-refractivity contribution in [3.63, 3.8) is 0 Å². The van der Waals surface area contributed by atoms with E-state index in [2.05, 4.69) is 20.6 Å². The van der Waals surface area contributed by atoms with Crippen molar-refractivity contribution >= 4 is 40.4 Å². The van der Waals surface area contributed by atoms with Gasteiger partial charge in [-0.1, -0.05) is 23.9 Å². The van der Waals surface area contributed by atoms with Crippen LogP contribution in [0.4, 0.5) is 0 Å². The first kappa shape index (κ1) is 31.6. The minimum absolute atomic E-state index is 0.0130. The summed E-state index contributed by atoms with van der Waals surface area (Å²) in [5.74, 6) is 0.335. The van der Waals surface area contributed by atoms with E-state index in [9.17, 15) is 14.4 Å². The van der Waals surface area contributed by atoms with Crippen molar-refractivity contribution in [2.24, 2.45) is 11.7 Å². The number of ether oxygens (including phenoxy) is 2. The molecule has 3 atom stereocenters. The van der Waals surface area contributed by atoms with E-state index in [-0.39, 0.29) is 30.3 Å². The molecule has 2 unspecified atom stereocenters. The van der Waals surface area contributed by atoms with E-state index in [4.69, 9.17) is 15.2 Å². The van der Waals surface area contributed by atoms with E-state index in [1.807, 2.05) is 49.4 Å². The highest BCUT2D eigenvalue weighted by molar-refractivity contribution is 7.99. The number of pyridine rings is 1. The van der Waals surface area contributed by atoms with Crippen molar-refractivity contribution in [2.75, 3.05) is 32.8 Å². The molecule has 6 rings (SSSR count). The van der Waals surface area contributed by atoms with Gasteiger partial charge in [0.05, 0.1) is 29.0 Å². The largest absolute Gasteiger partial charge is 0.455 e. The van der Waals surface area contributed by atoms with Crippen LogP contribution in [0.2, 0.25) is 0 Å². The average molecular weight is 643 g/mol. The van der Waals surface area contributed by atoms with E-state index in [0.29, 0.717) is 44.0 Å². The number of carbonyl (C=O) groups excluding carboxylic acids is 3. The van der Waals surface area contributed by atoms with Gasteiger partial charge < -0.3 is 35.7 Å². The number of H-pyrrole nitrogens is 1. The summed E-state index contributed by atoms with van der Waals surface area (Å²) >= 11 is 1.58. The van der Waals surface area contributed by atoms with Crippen molar-refractivity contribution in [1.82, 2.24) is 25.5 Å². The summed E-state index contributed by atoms with van der Waals surface area (Å²) in [7, 11) is 0. The molecule has 4 aromatic rings. The third-order valence-electron chi connectivity index (χ3n) is 8.27. The molecular formula is C34H38N6O5S. The van der Waals surface area contributed by atoms with Gasteiger partial charge in [-0.25, -0.2) is 0 Å². The number of hydrogen-bond acceptors (Lipinski definition) is 8. The monoisotopic (exact) mass is 642 g/mol. The summed E-state index contributed by atoms with van der Waals surface area (Å²) in [6.07, 6.45) is 5.68. The predicted octanol–water partition coefficient (Wildman–Crippen LogP) is 4.40. The Kier molecular flexibility index (Phi) is 9.86. The van der Waals surface area contributed by atoms with E-state index >= 15 is 0 Å². The van der Waals surface area contributed by atoms with Gasteiger partial charge in [-0.3, -0.25) is 19.4 Å². The highest BCUT2D eigenvalue weighted by Gasteiger charge is 2.40. The molecule has 5 N–H and O–H groups in total. The number of amides is 3. The van der Waals surface area contributed by atoms with E-state index in [0.717, 1.165) is 45.0 Å². The zero-order valence-corrected chi connectivity index (χ0v) is 26.5. The van der Waals surface area contributed by atoms with Gasteiger partial charge in [-0.2, -0.15) is 0 Å². The smallest absolute Gasteiger partial charge is 0.251 e. The Morgan fingerprint density at radius 3 is 2.83 bits per heavy atom. The number of aromatic nitrogens is 2. The number of hydrogen-bond donors (Lipinski definition) is 4. The third kappa shape index (κ3) is 7.19. The molecule has 0 saturated carbocycles. The highest BCUT2D eigenvalue weighted by Crippen LogP contribution is 2.46. The summed E-state index contributed by atoms with van der Waals surface area (Å²) in [5, 5.41) is 6.77. The van der Waals surface area contributed by atoms with Gasteiger partial charge in [0, 0.05) is 53.6 Å². The molecule has 0 aliphatic carbocycles. The molecule has 0 spiro atoms. The lowest BCUT2D eigenvalue weighted by atomic mass is 10.1. The fourth-order valence-corrected chi connectivity index (χ4v) is 6.74. The van der Waals surface area contributed by atoms with Gasteiger partial charge in [0.1, 0.15) is 17.5 Å². The molecule has 12 heteroatoms. The number of fused-ring (bicyclic) bond motifs is 3. The number of aromatic amines is 1. The predicted molar refractivity (Wildman–Crippen MR) is 175 cm³/mol. The molecule has 2 aliphatic heterocycles. The SMILES string of the molecule is CC(NC(=O)[C@@H]1CC(COCCCCN)CN1C(=O)CNC(=O)c1ccc2c(c1)Oc1ccccc1S2)c1cc2cnccc2[nH]1. The fraction of sp³-hybridized carbons (Fsp3) is 0.353. The van der Waals surface area contributed by atoms with Crippen LogP contribution in [0.15, 0.2) is 76.8 Å². The van der Waals surface area contributed by atoms with Gasteiger partial charge in [0.2, 0.25) is 11.8 Å². The van der Waals surface area contributed by atoms with Crippen LogP contribution in [-0.2, 0) is 14.3 Å². The second-order valence-electron chi connectivity index (χ2n) is 11.6. The number of rotatable bonds is 12. The van der Waals surface area contributed by atoms with Gasteiger partial charge in [-0.05, 0) is 75.2 Å². The lowest BCUT2D eigenvalue weighted by Gasteiger charge is -2.25. The summed E-state index contributed by atoms with van der Waals surface area (Å²) < 4.78 is 11.9. The highest BCUT2D eigenvalue weighted by atomic mass is 32.2. The Hall–Kier alpha value is -4.39. The molecule has 4 heterocycles. The summed E-state index contributed by atoms with van der Waals surface area (Å²) in [6.45, 7) is 3.64. The third-order valence-corrected chi connectivity index (χ3v) is 9.38. The van der Waals surface area contributed by atoms with Crippen molar-refractivity contribution in [1.29, 1.82) is 0 Å². The Bertz CT molecular complexity index is 1690. The van der Waals surface area contributed by atoms with Gasteiger partial charge in [-0.15, -0.1) is 0 Å². The number of benzene rings is 2. The Morgan fingerprint density at radius 2 is 1.98 bits per heavy atom. The van der Waals surface area contributed by atoms with Crippen LogP contribution in [0.1, 0.15) is 48.3 Å². The normalized spacial score (nSPS) is 17.6. The van der Waals surface area contributed by atoms with Crippen LogP contribution in [0.25, 0.3) is 10.9 Å². The molecule has 2 aromatic heterocycles. The Balaban J connectivity index is 1.09. The zero-order valence-electron chi connectivity index (χ0n) is 25.7. The van der Waals surface area contributed by atoms with Crippen LogP contribution in [0.5, 0.6) is 11.5 Å². The maximum absolute atomic E-state index is 13.6. The minimum Gasteiger partial charge on any atom is -0.455 e. The topological polar surface area (TPSA) is 152 Å². The maximum Gasteiger partial charge on any atom is 0.251 e. The first-order chi connectivity index (χ1) is 22.4. The molecule has 1 fully saturated rings. The molecule has 2 aliphatic rings. The number of para-hydroxylation sites is 1. The lowest BCUT2D eigenvalue weighted by molar-refractivity contribution is -0.138. The van der Waals surface area contributed by atoms with Crippen LogP contribution in [0.3, 0.4) is 0 Å². The molecule has 1 saturated heterocycles. The number of nitrogens with zero attached hydrogens (tertiary/aromatic N) is 2. The maximum atomic E-state index is 13.6. The molecule has 11 nitrogen and oxygen atoms in total. The number of nitrogens with two attached hydrogens (primary N) is 1. The van der Waals surface area contributed by atoms with Crippen molar-refractivity contribution < 1.29 is 23.9 Å². The molecule has 0 radical (unpaired) electrons. The number of nitrogens with one attached hydrogen (secondary N) is 3. The first-order valence-electron chi connectivity index (χ1n) is 15.6. The summed E-state index contributed by atoms with van der Waals surface area (Å²) in [5.41, 5.74) is 7.74. The van der Waals surface area contributed by atoms with E-state index in [1.165, 1.54) is 0 Å². The van der Waals surface area contributed by atoms with E-state index in [1.54, 1.807) is 41.2 Å². The van der Waals surface area contributed by atoms with Crippen molar-refractivity contribution in [3.8, 4) is 11.5 Å². The fourth-order valence-electron chi connectivity index (χ4n) is 5.81. The van der Waals surface area contributed by atoms with Crippen molar-refractivity contribution in [3.05, 3.63) is 78.2 Å². The number of unbranched alkanes of at least 4 members (excludes halogenated alkanes) is 1. The van der Waals surface area contributed by atoms with E-state index < -0.39 is 11.9 Å². The molecule has 240 valence electrons. The van der Waals surface area contributed by atoms with Crippen LogP contribution < -0.4 is 21.1 Å². The molecular weight excluding hydrogens is 604 g/mol. The van der Waals surface area contributed by atoms with Gasteiger partial charge in [0.15, 0.2) is 0 Å². The minimum atomic E-state index is -0.690. The summed E-state index contributed by atoms with van der Waals surface area (Å²) in [6, 6.07) is 15.8. The van der Waals surface area contributed by atoms with Crippen LogP contribution in [-0.4, -0.2) is 71.5 Å². The second kappa shape index (κ2) is 14.4. The standard InChI is InChI=1S/C34H38N6O5S/c1-21(26-15-24-17-36-12-10-25(24)39-26)38-34(43)27-14-22(20-44-13-5-4-11-35)19-40(27)32(41)18-37-33(42)23-8-9-31-29(16-23)45-28-6-2-3-7-30(28)46-31/h2-3,6-10,12,15-17,21-22,27,39H,4-5,11,13-14,18-20,35H2,1H3,(H,37,42)(H,38,43)/t21?,22?,27-/m0/s1. The lowest BCUT2D eigenvalue weighted by Crippen LogP contribution is -2.49. The molecule has 2 aromatic carbocycles. The average Bonchev–Trinajstić information content (AvgIpc) is 3.71. The van der Waals surface area contributed by atoms with Crippen molar-refractivity contribution in [2.45, 2.75) is 48.1 Å². The molecule has 46 heavy (non-hydrogen) atoms. The van der Waals surface area contributed by atoms with Gasteiger partial charge in [0.25, 0.3) is 5.91 Å². The second-order valence-corrected chi connectivity index (χ2v) is 12.7. The Labute approximate surface area is 271 Å². The number of likely N-dealkylation sites (tertiary alicyclic amines) is 1. The van der Waals surface area contributed by atoms with Crippen LogP contribution in [0, 0.1) is 5.92 Å². The first-order valence-corrected chi connectivity index (χ1v) is 16.4.